The van der Waals surface area contributed by atoms with Crippen LogP contribution in [0.3, 0.4) is 0 Å². The van der Waals surface area contributed by atoms with Crippen LogP contribution in [0.4, 0.5) is 5.69 Å². The van der Waals surface area contributed by atoms with Crippen LogP contribution in [-0.2, 0) is 9.53 Å². The Morgan fingerprint density at radius 3 is 2.84 bits per heavy atom. The average molecular weight is 327 g/mol. The fourth-order valence-electron chi connectivity index (χ4n) is 2.25. The van der Waals surface area contributed by atoms with Gasteiger partial charge in [0.05, 0.1) is 6.04 Å². The maximum absolute atomic E-state index is 12.2. The van der Waals surface area contributed by atoms with Gasteiger partial charge in [0.1, 0.15) is 0 Å². The molecule has 1 aromatic rings. The van der Waals surface area contributed by atoms with Crippen molar-refractivity contribution in [3.05, 3.63) is 28.2 Å². The average Bonchev–Trinajstić information content (AvgIpc) is 2.44. The molecule has 4 nitrogen and oxygen atoms in total. The zero-order valence-electron chi connectivity index (χ0n) is 11.0. The topological polar surface area (TPSA) is 64.4 Å². The van der Waals surface area contributed by atoms with E-state index in [1.54, 1.807) is 0 Å². The van der Waals surface area contributed by atoms with Crippen LogP contribution >= 0.6 is 15.9 Å². The van der Waals surface area contributed by atoms with Gasteiger partial charge in [-0.3, -0.25) is 4.79 Å². The van der Waals surface area contributed by atoms with Crippen molar-refractivity contribution in [2.24, 2.45) is 11.7 Å². The van der Waals surface area contributed by atoms with E-state index in [-0.39, 0.29) is 11.8 Å². The van der Waals surface area contributed by atoms with E-state index >= 15 is 0 Å². The fraction of sp³-hybridized carbons (Fsp3) is 0.500. The molecule has 0 aliphatic carbocycles. The maximum Gasteiger partial charge on any atom is 0.241 e. The third kappa shape index (κ3) is 3.55. The molecule has 1 heterocycles. The molecule has 0 radical (unpaired) electrons. The molecule has 5 heteroatoms. The van der Waals surface area contributed by atoms with Crippen LogP contribution < -0.4 is 11.1 Å². The summed E-state index contributed by atoms with van der Waals surface area (Å²) < 4.78 is 6.27. The highest BCUT2D eigenvalue weighted by Crippen LogP contribution is 2.24. The van der Waals surface area contributed by atoms with E-state index in [2.05, 4.69) is 21.2 Å². The molecule has 1 fully saturated rings. The fourth-order valence-corrected chi connectivity index (χ4v) is 2.61. The van der Waals surface area contributed by atoms with Crippen LogP contribution in [0.2, 0.25) is 0 Å². The highest BCUT2D eigenvalue weighted by molar-refractivity contribution is 9.10. The van der Waals surface area contributed by atoms with Crippen molar-refractivity contribution >= 4 is 27.5 Å². The summed E-state index contributed by atoms with van der Waals surface area (Å²) in [4.78, 5) is 12.2. The molecule has 2 rings (SSSR count). The minimum atomic E-state index is -0.470. The van der Waals surface area contributed by atoms with E-state index in [1.165, 1.54) is 0 Å². The normalized spacial score (nSPS) is 18.1. The van der Waals surface area contributed by atoms with Gasteiger partial charge < -0.3 is 15.8 Å². The molecular weight excluding hydrogens is 308 g/mol. The lowest BCUT2D eigenvalue weighted by Gasteiger charge is -2.27. The van der Waals surface area contributed by atoms with Gasteiger partial charge in [-0.2, -0.15) is 0 Å². The van der Waals surface area contributed by atoms with Gasteiger partial charge in [0, 0.05) is 23.4 Å². The molecule has 104 valence electrons. The van der Waals surface area contributed by atoms with Crippen LogP contribution in [0.15, 0.2) is 22.7 Å². The number of benzene rings is 1. The maximum atomic E-state index is 12.2. The third-order valence-corrected chi connectivity index (χ3v) is 4.46. The van der Waals surface area contributed by atoms with Gasteiger partial charge in [-0.15, -0.1) is 0 Å². The first kappa shape index (κ1) is 14.5. The second-order valence-corrected chi connectivity index (χ2v) is 5.73. The molecule has 0 bridgehead atoms. The number of ether oxygens (including phenoxy) is 1. The van der Waals surface area contributed by atoms with Gasteiger partial charge in [-0.1, -0.05) is 22.0 Å². The summed E-state index contributed by atoms with van der Waals surface area (Å²) in [5, 5.41) is 2.91. The Morgan fingerprint density at radius 1 is 1.47 bits per heavy atom. The van der Waals surface area contributed by atoms with Gasteiger partial charge in [0.15, 0.2) is 0 Å². The summed E-state index contributed by atoms with van der Waals surface area (Å²) in [7, 11) is 0. The van der Waals surface area contributed by atoms with Gasteiger partial charge in [0.25, 0.3) is 0 Å². The molecule has 3 N–H and O–H groups in total. The molecule has 1 aliphatic heterocycles. The van der Waals surface area contributed by atoms with Gasteiger partial charge >= 0.3 is 0 Å². The molecule has 1 unspecified atom stereocenters. The number of amides is 1. The van der Waals surface area contributed by atoms with Crippen molar-refractivity contribution in [3.8, 4) is 0 Å². The molecule has 0 spiro atoms. The highest BCUT2D eigenvalue weighted by Gasteiger charge is 2.26. The number of carbonyl (C=O) groups excluding carboxylic acids is 1. The first-order valence-electron chi connectivity index (χ1n) is 6.49. The summed E-state index contributed by atoms with van der Waals surface area (Å²) >= 11 is 3.45. The second kappa shape index (κ2) is 6.50. The smallest absolute Gasteiger partial charge is 0.241 e. The number of hydrogen-bond acceptors (Lipinski definition) is 3. The van der Waals surface area contributed by atoms with Crippen molar-refractivity contribution in [2.75, 3.05) is 18.5 Å². The summed E-state index contributed by atoms with van der Waals surface area (Å²) in [5.41, 5.74) is 7.87. The van der Waals surface area contributed by atoms with Gasteiger partial charge in [-0.25, -0.2) is 0 Å². The minimum absolute atomic E-state index is 0.117. The van der Waals surface area contributed by atoms with Crippen molar-refractivity contribution < 1.29 is 9.53 Å². The number of nitrogens with two attached hydrogens (primary N) is 1. The molecule has 1 aliphatic rings. The Bertz CT molecular complexity index is 459. The van der Waals surface area contributed by atoms with Crippen LogP contribution in [0, 0.1) is 12.8 Å². The highest BCUT2D eigenvalue weighted by atomic mass is 79.9. The van der Waals surface area contributed by atoms with Crippen LogP contribution in [0.25, 0.3) is 0 Å². The Kier molecular flexibility index (Phi) is 4.96. The Balaban J connectivity index is 2.01. The zero-order valence-corrected chi connectivity index (χ0v) is 12.6. The minimum Gasteiger partial charge on any atom is -0.381 e. The van der Waals surface area contributed by atoms with E-state index in [9.17, 15) is 4.79 Å². The molecule has 1 amide bonds. The monoisotopic (exact) mass is 326 g/mol. The van der Waals surface area contributed by atoms with Gasteiger partial charge in [0.2, 0.25) is 5.91 Å². The van der Waals surface area contributed by atoms with E-state index in [0.717, 1.165) is 28.6 Å². The zero-order chi connectivity index (χ0) is 13.8. The number of rotatable bonds is 3. The first-order valence-corrected chi connectivity index (χ1v) is 7.28. The third-order valence-electron chi connectivity index (χ3n) is 3.60. The van der Waals surface area contributed by atoms with Gasteiger partial charge in [-0.05, 0) is 43.4 Å². The number of anilines is 1. The second-order valence-electron chi connectivity index (χ2n) is 4.88. The lowest BCUT2D eigenvalue weighted by Crippen LogP contribution is -2.44. The Labute approximate surface area is 121 Å². The number of hydrogen-bond donors (Lipinski definition) is 2. The molecule has 1 saturated heterocycles. The van der Waals surface area contributed by atoms with Crippen molar-refractivity contribution in [3.63, 3.8) is 0 Å². The number of nitrogens with one attached hydrogen (secondary N) is 1. The van der Waals surface area contributed by atoms with E-state index in [4.69, 9.17) is 10.5 Å². The number of carbonyl (C=O) groups is 1. The summed E-state index contributed by atoms with van der Waals surface area (Å²) in [6.07, 6.45) is 1.71. The van der Waals surface area contributed by atoms with E-state index in [0.29, 0.717) is 13.2 Å². The summed E-state index contributed by atoms with van der Waals surface area (Å²) in [6.45, 7) is 3.35. The quantitative estimate of drug-likeness (QED) is 0.896. The largest absolute Gasteiger partial charge is 0.381 e. The van der Waals surface area contributed by atoms with E-state index in [1.807, 2.05) is 25.1 Å². The van der Waals surface area contributed by atoms with Crippen LogP contribution in [0.1, 0.15) is 18.4 Å². The molecule has 1 atom stereocenters. The molecule has 0 saturated carbocycles. The van der Waals surface area contributed by atoms with Crippen molar-refractivity contribution in [2.45, 2.75) is 25.8 Å². The predicted octanol–water partition coefficient (Wildman–Crippen LogP) is 2.45. The molecule has 0 aromatic heterocycles. The lowest BCUT2D eigenvalue weighted by atomic mass is 9.92. The summed E-state index contributed by atoms with van der Waals surface area (Å²) in [6, 6.07) is 5.26. The molecule has 1 aromatic carbocycles. The van der Waals surface area contributed by atoms with Crippen LogP contribution in [0.5, 0.6) is 0 Å². The predicted molar refractivity (Wildman–Crippen MR) is 79.0 cm³/mol. The Morgan fingerprint density at radius 2 is 2.16 bits per heavy atom. The molecular formula is C14H19BrN2O2. The summed E-state index contributed by atoms with van der Waals surface area (Å²) in [5.74, 6) is 0.0920. The van der Waals surface area contributed by atoms with Crippen molar-refractivity contribution in [1.82, 2.24) is 0 Å². The van der Waals surface area contributed by atoms with Crippen molar-refractivity contribution in [1.29, 1.82) is 0 Å². The lowest BCUT2D eigenvalue weighted by molar-refractivity contribution is -0.119. The SMILES string of the molecule is Cc1c(Br)cccc1NC(=O)C(N)C1CCOCC1. The molecule has 19 heavy (non-hydrogen) atoms. The van der Waals surface area contributed by atoms with Crippen LogP contribution in [-0.4, -0.2) is 25.2 Å². The standard InChI is InChI=1S/C14H19BrN2O2/c1-9-11(15)3-2-4-12(9)17-14(18)13(16)10-5-7-19-8-6-10/h2-4,10,13H,5-8,16H2,1H3,(H,17,18). The first-order chi connectivity index (χ1) is 9.09. The Hall–Kier alpha value is -0.910. The number of halogens is 1. The van der Waals surface area contributed by atoms with E-state index < -0.39 is 6.04 Å².